The van der Waals surface area contributed by atoms with Crippen LogP contribution in [0.3, 0.4) is 0 Å². The van der Waals surface area contributed by atoms with Gasteiger partial charge < -0.3 is 10.5 Å². The molecule has 0 aromatic heterocycles. The largest absolute Gasteiger partial charge is 0.377 e. The first-order valence-electron chi connectivity index (χ1n) is 6.18. The Morgan fingerprint density at radius 3 is 2.59 bits per heavy atom. The van der Waals surface area contributed by atoms with Gasteiger partial charge >= 0.3 is 0 Å². The van der Waals surface area contributed by atoms with Crippen molar-refractivity contribution >= 4 is 0 Å². The SMILES string of the molecule is CC(C)CCCOCc1cc(F)cc(CN)c1. The number of hydrogen-bond acceptors (Lipinski definition) is 2. The first-order chi connectivity index (χ1) is 8.11. The number of rotatable bonds is 7. The predicted molar refractivity (Wildman–Crippen MR) is 68.0 cm³/mol. The van der Waals surface area contributed by atoms with Crippen LogP contribution in [0, 0.1) is 11.7 Å². The van der Waals surface area contributed by atoms with Crippen LogP contribution in [0.1, 0.15) is 37.8 Å². The third kappa shape index (κ3) is 5.80. The molecule has 0 spiro atoms. The van der Waals surface area contributed by atoms with Crippen LogP contribution in [0.25, 0.3) is 0 Å². The van der Waals surface area contributed by atoms with Gasteiger partial charge in [-0.25, -0.2) is 4.39 Å². The molecule has 0 radical (unpaired) electrons. The maximum absolute atomic E-state index is 13.2. The Balaban J connectivity index is 2.33. The van der Waals surface area contributed by atoms with Gasteiger partial charge in [-0.2, -0.15) is 0 Å². The van der Waals surface area contributed by atoms with Crippen LogP contribution in [0.4, 0.5) is 4.39 Å². The summed E-state index contributed by atoms with van der Waals surface area (Å²) in [6.45, 7) is 5.94. The fraction of sp³-hybridized carbons (Fsp3) is 0.571. The van der Waals surface area contributed by atoms with Crippen LogP contribution < -0.4 is 5.73 Å². The van der Waals surface area contributed by atoms with Crippen molar-refractivity contribution < 1.29 is 9.13 Å². The summed E-state index contributed by atoms with van der Waals surface area (Å²) in [6, 6.07) is 4.86. The maximum atomic E-state index is 13.2. The van der Waals surface area contributed by atoms with Gasteiger partial charge in [-0.15, -0.1) is 0 Å². The lowest BCUT2D eigenvalue weighted by molar-refractivity contribution is 0.114. The number of hydrogen-bond donors (Lipinski definition) is 1. The zero-order valence-electron chi connectivity index (χ0n) is 10.7. The Hall–Kier alpha value is -0.930. The molecule has 0 aliphatic carbocycles. The molecule has 2 nitrogen and oxygen atoms in total. The van der Waals surface area contributed by atoms with Crippen molar-refractivity contribution in [1.82, 2.24) is 0 Å². The molecule has 0 amide bonds. The second-order valence-corrected chi connectivity index (χ2v) is 4.76. The highest BCUT2D eigenvalue weighted by Gasteiger charge is 2.00. The highest BCUT2D eigenvalue weighted by atomic mass is 19.1. The van der Waals surface area contributed by atoms with E-state index in [0.29, 0.717) is 19.1 Å². The molecular formula is C14H22FNO. The zero-order chi connectivity index (χ0) is 12.7. The second-order valence-electron chi connectivity index (χ2n) is 4.76. The summed E-state index contributed by atoms with van der Waals surface area (Å²) in [5, 5.41) is 0. The molecule has 0 aliphatic heterocycles. The van der Waals surface area contributed by atoms with Crippen LogP contribution in [0.2, 0.25) is 0 Å². The summed E-state index contributed by atoms with van der Waals surface area (Å²) in [4.78, 5) is 0. The lowest BCUT2D eigenvalue weighted by Crippen LogP contribution is -2.01. The van der Waals surface area contributed by atoms with Crippen molar-refractivity contribution in [2.75, 3.05) is 6.61 Å². The molecule has 1 aromatic rings. The van der Waals surface area contributed by atoms with Crippen LogP contribution >= 0.6 is 0 Å². The van der Waals surface area contributed by atoms with E-state index in [4.69, 9.17) is 10.5 Å². The molecule has 0 aliphatic rings. The molecule has 96 valence electrons. The normalized spacial score (nSPS) is 11.1. The van der Waals surface area contributed by atoms with Crippen molar-refractivity contribution in [2.45, 2.75) is 39.8 Å². The number of benzene rings is 1. The molecule has 0 heterocycles. The highest BCUT2D eigenvalue weighted by molar-refractivity contribution is 5.24. The molecule has 2 N–H and O–H groups in total. The van der Waals surface area contributed by atoms with E-state index in [9.17, 15) is 4.39 Å². The van der Waals surface area contributed by atoms with Crippen LogP contribution in [-0.4, -0.2) is 6.61 Å². The fourth-order valence-electron chi connectivity index (χ4n) is 1.70. The third-order valence-electron chi connectivity index (χ3n) is 2.59. The monoisotopic (exact) mass is 239 g/mol. The van der Waals surface area contributed by atoms with Gasteiger partial charge in [0.1, 0.15) is 5.82 Å². The average molecular weight is 239 g/mol. The summed E-state index contributed by atoms with van der Waals surface area (Å²) in [6.07, 6.45) is 2.22. The summed E-state index contributed by atoms with van der Waals surface area (Å²) >= 11 is 0. The molecule has 1 aromatic carbocycles. The average Bonchev–Trinajstić information content (AvgIpc) is 2.27. The van der Waals surface area contributed by atoms with E-state index in [1.165, 1.54) is 12.1 Å². The third-order valence-corrected chi connectivity index (χ3v) is 2.59. The summed E-state index contributed by atoms with van der Waals surface area (Å²) in [7, 11) is 0. The van der Waals surface area contributed by atoms with E-state index in [2.05, 4.69) is 13.8 Å². The minimum atomic E-state index is -0.242. The summed E-state index contributed by atoms with van der Waals surface area (Å²) in [5.74, 6) is 0.463. The van der Waals surface area contributed by atoms with Crippen LogP contribution in [0.15, 0.2) is 18.2 Å². The predicted octanol–water partition coefficient (Wildman–Crippen LogP) is 3.24. The Labute approximate surface area is 103 Å². The lowest BCUT2D eigenvalue weighted by atomic mass is 10.1. The fourth-order valence-corrected chi connectivity index (χ4v) is 1.70. The van der Waals surface area contributed by atoms with Gasteiger partial charge in [0.05, 0.1) is 6.61 Å². The van der Waals surface area contributed by atoms with Gasteiger partial charge in [0.15, 0.2) is 0 Å². The number of halogens is 1. The standard InChI is InChI=1S/C14H22FNO/c1-11(2)4-3-5-17-10-13-6-12(9-16)7-14(15)8-13/h6-8,11H,3-5,9-10,16H2,1-2H3. The maximum Gasteiger partial charge on any atom is 0.123 e. The summed E-state index contributed by atoms with van der Waals surface area (Å²) < 4.78 is 18.7. The Morgan fingerprint density at radius 1 is 1.24 bits per heavy atom. The second kappa shape index (κ2) is 7.41. The molecule has 0 fully saturated rings. The topological polar surface area (TPSA) is 35.2 Å². The van der Waals surface area contributed by atoms with E-state index in [0.717, 1.165) is 30.6 Å². The smallest absolute Gasteiger partial charge is 0.123 e. The van der Waals surface area contributed by atoms with Gasteiger partial charge in [0.2, 0.25) is 0 Å². The van der Waals surface area contributed by atoms with Gasteiger partial charge in [-0.3, -0.25) is 0 Å². The van der Waals surface area contributed by atoms with Crippen molar-refractivity contribution in [1.29, 1.82) is 0 Å². The highest BCUT2D eigenvalue weighted by Crippen LogP contribution is 2.11. The van der Waals surface area contributed by atoms with E-state index in [1.807, 2.05) is 6.07 Å². The van der Waals surface area contributed by atoms with Crippen molar-refractivity contribution in [3.63, 3.8) is 0 Å². The first kappa shape index (κ1) is 14.1. The van der Waals surface area contributed by atoms with Crippen molar-refractivity contribution in [2.24, 2.45) is 11.7 Å². The van der Waals surface area contributed by atoms with Crippen molar-refractivity contribution in [3.8, 4) is 0 Å². The van der Waals surface area contributed by atoms with E-state index >= 15 is 0 Å². The minimum Gasteiger partial charge on any atom is -0.377 e. The molecule has 0 atom stereocenters. The van der Waals surface area contributed by atoms with Gasteiger partial charge in [0.25, 0.3) is 0 Å². The lowest BCUT2D eigenvalue weighted by Gasteiger charge is -2.07. The zero-order valence-corrected chi connectivity index (χ0v) is 10.7. The molecule has 0 saturated heterocycles. The molecule has 0 unspecified atom stereocenters. The molecule has 0 bridgehead atoms. The number of ether oxygens (including phenoxy) is 1. The summed E-state index contributed by atoms with van der Waals surface area (Å²) in [5.41, 5.74) is 7.16. The number of nitrogens with two attached hydrogens (primary N) is 1. The van der Waals surface area contributed by atoms with Crippen molar-refractivity contribution in [3.05, 3.63) is 35.1 Å². The molecule has 1 rings (SSSR count). The first-order valence-corrected chi connectivity index (χ1v) is 6.18. The van der Waals surface area contributed by atoms with Gasteiger partial charge in [0, 0.05) is 13.2 Å². The molecular weight excluding hydrogens is 217 g/mol. The van der Waals surface area contributed by atoms with Gasteiger partial charge in [-0.05, 0) is 42.0 Å². The minimum absolute atomic E-state index is 0.242. The molecule has 0 saturated carbocycles. The Morgan fingerprint density at radius 2 is 1.94 bits per heavy atom. The Kier molecular flexibility index (Phi) is 6.16. The van der Waals surface area contributed by atoms with E-state index in [-0.39, 0.29) is 5.82 Å². The molecule has 17 heavy (non-hydrogen) atoms. The quantitative estimate of drug-likeness (QED) is 0.741. The van der Waals surface area contributed by atoms with Crippen LogP contribution in [-0.2, 0) is 17.9 Å². The van der Waals surface area contributed by atoms with E-state index in [1.54, 1.807) is 0 Å². The van der Waals surface area contributed by atoms with Gasteiger partial charge in [-0.1, -0.05) is 19.9 Å². The van der Waals surface area contributed by atoms with Crippen LogP contribution in [0.5, 0.6) is 0 Å². The molecule has 3 heteroatoms. The Bertz CT molecular complexity index is 339. The van der Waals surface area contributed by atoms with E-state index < -0.39 is 0 Å².